The van der Waals surface area contributed by atoms with Gasteiger partial charge in [0.05, 0.1) is 0 Å². The summed E-state index contributed by atoms with van der Waals surface area (Å²) >= 11 is 1.85. The molecular formula is C14H25N3S. The first-order valence-corrected chi connectivity index (χ1v) is 8.04. The van der Waals surface area contributed by atoms with Gasteiger partial charge in [0.15, 0.2) is 5.13 Å². The van der Waals surface area contributed by atoms with Crippen molar-refractivity contribution < 1.29 is 0 Å². The van der Waals surface area contributed by atoms with Crippen LogP contribution in [0.15, 0.2) is 6.20 Å². The molecule has 2 heterocycles. The number of hydrogen-bond acceptors (Lipinski definition) is 4. The second-order valence-corrected chi connectivity index (χ2v) is 6.29. The van der Waals surface area contributed by atoms with E-state index in [9.17, 15) is 0 Å². The van der Waals surface area contributed by atoms with E-state index in [2.05, 4.69) is 29.0 Å². The van der Waals surface area contributed by atoms with Crippen LogP contribution in [0, 0.1) is 0 Å². The molecule has 0 aliphatic carbocycles. The Morgan fingerprint density at radius 2 is 2.06 bits per heavy atom. The van der Waals surface area contributed by atoms with E-state index in [-0.39, 0.29) is 0 Å². The zero-order valence-corrected chi connectivity index (χ0v) is 12.4. The van der Waals surface area contributed by atoms with E-state index in [0.717, 1.165) is 6.54 Å². The van der Waals surface area contributed by atoms with Crippen molar-refractivity contribution in [3.05, 3.63) is 11.1 Å². The molecule has 4 heteroatoms. The van der Waals surface area contributed by atoms with Crippen LogP contribution in [0.5, 0.6) is 0 Å². The van der Waals surface area contributed by atoms with Crippen LogP contribution < -0.4 is 10.2 Å². The fraction of sp³-hybridized carbons (Fsp3) is 0.786. The normalized spacial score (nSPS) is 18.7. The maximum absolute atomic E-state index is 4.59. The average Bonchev–Trinajstić information content (AvgIpc) is 2.69. The molecule has 102 valence electrons. The van der Waals surface area contributed by atoms with E-state index in [4.69, 9.17) is 0 Å². The minimum Gasteiger partial charge on any atom is -0.348 e. The molecule has 0 amide bonds. The molecule has 0 radical (unpaired) electrons. The maximum atomic E-state index is 4.59. The number of hydrogen-bond donors (Lipinski definition) is 1. The lowest BCUT2D eigenvalue weighted by Gasteiger charge is -2.18. The molecule has 2 rings (SSSR count). The van der Waals surface area contributed by atoms with Crippen LogP contribution in [0.1, 0.15) is 50.8 Å². The molecule has 1 fully saturated rings. The number of rotatable bonds is 5. The van der Waals surface area contributed by atoms with Crippen molar-refractivity contribution in [2.75, 3.05) is 18.0 Å². The molecule has 1 N–H and O–H groups in total. The topological polar surface area (TPSA) is 28.2 Å². The summed E-state index contributed by atoms with van der Waals surface area (Å²) in [6.07, 6.45) is 8.62. The highest BCUT2D eigenvalue weighted by Gasteiger charge is 2.13. The number of nitrogens with zero attached hydrogens (tertiary/aromatic N) is 2. The monoisotopic (exact) mass is 267 g/mol. The predicted octanol–water partition coefficient (Wildman–Crippen LogP) is 3.41. The van der Waals surface area contributed by atoms with Crippen LogP contribution in [-0.2, 0) is 6.54 Å². The van der Waals surface area contributed by atoms with Gasteiger partial charge in [-0.15, -0.1) is 11.3 Å². The van der Waals surface area contributed by atoms with Gasteiger partial charge in [-0.25, -0.2) is 4.98 Å². The largest absolute Gasteiger partial charge is 0.348 e. The summed E-state index contributed by atoms with van der Waals surface area (Å²) in [5.41, 5.74) is 0. The molecule has 18 heavy (non-hydrogen) atoms. The summed E-state index contributed by atoms with van der Waals surface area (Å²) in [5.74, 6) is 0. The smallest absolute Gasteiger partial charge is 0.185 e. The highest BCUT2D eigenvalue weighted by atomic mass is 32.1. The summed E-state index contributed by atoms with van der Waals surface area (Å²) in [7, 11) is 0. The van der Waals surface area contributed by atoms with Gasteiger partial charge >= 0.3 is 0 Å². The van der Waals surface area contributed by atoms with Gasteiger partial charge in [0.2, 0.25) is 0 Å². The first-order chi connectivity index (χ1) is 8.79. The van der Waals surface area contributed by atoms with Gasteiger partial charge < -0.3 is 10.2 Å². The maximum Gasteiger partial charge on any atom is 0.185 e. The van der Waals surface area contributed by atoms with Gasteiger partial charge in [-0.05, 0) is 26.2 Å². The van der Waals surface area contributed by atoms with E-state index in [0.29, 0.717) is 6.04 Å². The molecule has 3 nitrogen and oxygen atoms in total. The second kappa shape index (κ2) is 7.10. The number of thiazole rings is 1. The first-order valence-electron chi connectivity index (χ1n) is 7.22. The molecule has 0 saturated carbocycles. The van der Waals surface area contributed by atoms with Crippen LogP contribution in [0.2, 0.25) is 0 Å². The third-order valence-corrected chi connectivity index (χ3v) is 4.71. The Balaban J connectivity index is 1.88. The van der Waals surface area contributed by atoms with Crippen molar-refractivity contribution in [1.29, 1.82) is 0 Å². The van der Waals surface area contributed by atoms with E-state index in [1.807, 2.05) is 17.5 Å². The third kappa shape index (κ3) is 3.95. The van der Waals surface area contributed by atoms with Crippen molar-refractivity contribution in [3.8, 4) is 0 Å². The van der Waals surface area contributed by atoms with Gasteiger partial charge in [-0.3, -0.25) is 0 Å². The lowest BCUT2D eigenvalue weighted by Crippen LogP contribution is -2.24. The molecule has 1 aromatic rings. The van der Waals surface area contributed by atoms with Crippen molar-refractivity contribution in [2.24, 2.45) is 0 Å². The number of anilines is 1. The Kier molecular flexibility index (Phi) is 5.45. The minimum absolute atomic E-state index is 0.591. The summed E-state index contributed by atoms with van der Waals surface area (Å²) in [4.78, 5) is 8.41. The molecule has 1 atom stereocenters. The standard InChI is InChI=1S/C14H25N3S/c1-3-12(2)15-10-13-11-16-14(18-13)17-8-6-4-5-7-9-17/h11-12,15H,3-10H2,1-2H3. The number of nitrogens with one attached hydrogen (secondary N) is 1. The van der Waals surface area contributed by atoms with Crippen molar-refractivity contribution in [1.82, 2.24) is 10.3 Å². The highest BCUT2D eigenvalue weighted by molar-refractivity contribution is 7.15. The van der Waals surface area contributed by atoms with E-state index in [1.165, 1.54) is 55.2 Å². The van der Waals surface area contributed by atoms with Crippen LogP contribution >= 0.6 is 11.3 Å². The molecule has 0 spiro atoms. The first kappa shape index (κ1) is 13.8. The van der Waals surface area contributed by atoms with Crippen LogP contribution in [-0.4, -0.2) is 24.1 Å². The van der Waals surface area contributed by atoms with E-state index in [1.54, 1.807) is 0 Å². The molecule has 1 saturated heterocycles. The summed E-state index contributed by atoms with van der Waals surface area (Å²) in [5, 5.41) is 4.75. The van der Waals surface area contributed by atoms with E-state index < -0.39 is 0 Å². The van der Waals surface area contributed by atoms with Crippen LogP contribution in [0.4, 0.5) is 5.13 Å². The lowest BCUT2D eigenvalue weighted by molar-refractivity contribution is 0.537. The van der Waals surface area contributed by atoms with Gasteiger partial charge in [0.25, 0.3) is 0 Å². The molecule has 0 aromatic carbocycles. The molecule has 1 aliphatic rings. The van der Waals surface area contributed by atoms with Crippen LogP contribution in [0.3, 0.4) is 0 Å². The van der Waals surface area contributed by atoms with Gasteiger partial charge in [0, 0.05) is 36.8 Å². The summed E-state index contributed by atoms with van der Waals surface area (Å²) < 4.78 is 0. The lowest BCUT2D eigenvalue weighted by atomic mass is 10.2. The van der Waals surface area contributed by atoms with Gasteiger partial charge in [0.1, 0.15) is 0 Å². The summed E-state index contributed by atoms with van der Waals surface area (Å²) in [6, 6.07) is 0.591. The molecule has 0 bridgehead atoms. The Morgan fingerprint density at radius 1 is 1.33 bits per heavy atom. The van der Waals surface area contributed by atoms with E-state index >= 15 is 0 Å². The van der Waals surface area contributed by atoms with Gasteiger partial charge in [-0.2, -0.15) is 0 Å². The quantitative estimate of drug-likeness (QED) is 0.886. The average molecular weight is 267 g/mol. The minimum atomic E-state index is 0.591. The molecular weight excluding hydrogens is 242 g/mol. The SMILES string of the molecule is CCC(C)NCc1cnc(N2CCCCCC2)s1. The van der Waals surface area contributed by atoms with Crippen molar-refractivity contribution in [2.45, 2.75) is 58.5 Å². The van der Waals surface area contributed by atoms with Gasteiger partial charge in [-0.1, -0.05) is 19.8 Å². The zero-order valence-electron chi connectivity index (χ0n) is 11.6. The second-order valence-electron chi connectivity index (χ2n) is 5.20. The Bertz CT molecular complexity index is 343. The molecule has 1 aromatic heterocycles. The van der Waals surface area contributed by atoms with Crippen molar-refractivity contribution >= 4 is 16.5 Å². The highest BCUT2D eigenvalue weighted by Crippen LogP contribution is 2.25. The Hall–Kier alpha value is -0.610. The van der Waals surface area contributed by atoms with Crippen LogP contribution in [0.25, 0.3) is 0 Å². The predicted molar refractivity (Wildman–Crippen MR) is 79.4 cm³/mol. The fourth-order valence-corrected chi connectivity index (χ4v) is 3.12. The Morgan fingerprint density at radius 3 is 2.72 bits per heavy atom. The summed E-state index contributed by atoms with van der Waals surface area (Å²) in [6.45, 7) is 7.78. The number of aromatic nitrogens is 1. The third-order valence-electron chi connectivity index (χ3n) is 3.66. The molecule has 1 aliphatic heterocycles. The Labute approximate surface area is 115 Å². The zero-order chi connectivity index (χ0) is 12.8. The fourth-order valence-electron chi connectivity index (χ4n) is 2.21. The van der Waals surface area contributed by atoms with Crippen molar-refractivity contribution in [3.63, 3.8) is 0 Å². The molecule has 1 unspecified atom stereocenters.